The Hall–Kier alpha value is -2.44. The maximum Gasteiger partial charge on any atom is 0.306 e. The van der Waals surface area contributed by atoms with Crippen LogP contribution in [0.25, 0.3) is 20.4 Å². The number of carboxylic acid groups (broad SMARTS) is 1. The highest BCUT2D eigenvalue weighted by atomic mass is 35.5. The van der Waals surface area contributed by atoms with Gasteiger partial charge < -0.3 is 14.7 Å². The van der Waals surface area contributed by atoms with Crippen LogP contribution in [0.1, 0.15) is 40.6 Å². The predicted molar refractivity (Wildman–Crippen MR) is 158 cm³/mol. The Kier molecular flexibility index (Phi) is 9.16. The monoisotopic (exact) mass is 621 g/mol. The molecule has 4 aromatic heterocycles. The molecule has 6 rings (SSSR count). The average molecular weight is 623 g/mol. The van der Waals surface area contributed by atoms with Crippen LogP contribution in [0.5, 0.6) is 0 Å². The van der Waals surface area contributed by atoms with E-state index in [-0.39, 0.29) is 17.7 Å². The van der Waals surface area contributed by atoms with Crippen molar-refractivity contribution in [3.63, 3.8) is 0 Å². The minimum absolute atomic E-state index is 0.0408. The van der Waals surface area contributed by atoms with Gasteiger partial charge in [-0.1, -0.05) is 23.2 Å². The molecule has 0 spiro atoms. The van der Waals surface area contributed by atoms with E-state index < -0.39 is 5.97 Å². The van der Waals surface area contributed by atoms with Gasteiger partial charge in [0.15, 0.2) is 0 Å². The molecular formula is C27H29Cl2N5O4S2. The lowest BCUT2D eigenvalue weighted by Crippen LogP contribution is -2.39. The van der Waals surface area contributed by atoms with E-state index in [0.717, 1.165) is 63.1 Å². The lowest BCUT2D eigenvalue weighted by molar-refractivity contribution is -0.142. The van der Waals surface area contributed by atoms with Crippen molar-refractivity contribution < 1.29 is 19.4 Å². The van der Waals surface area contributed by atoms with Crippen molar-refractivity contribution in [3.8, 4) is 0 Å². The van der Waals surface area contributed by atoms with E-state index in [9.17, 15) is 9.59 Å². The van der Waals surface area contributed by atoms with Crippen LogP contribution in [0.4, 0.5) is 0 Å². The van der Waals surface area contributed by atoms with Crippen LogP contribution in [0.15, 0.2) is 12.7 Å². The molecule has 0 saturated heterocycles. The summed E-state index contributed by atoms with van der Waals surface area (Å²) in [6, 6.07) is 0. The molecule has 13 heteroatoms. The number of thiophene rings is 2. The molecule has 4 aromatic rings. The summed E-state index contributed by atoms with van der Waals surface area (Å²) in [5.41, 5.74) is 2.38. The lowest BCUT2D eigenvalue weighted by Gasteiger charge is -2.28. The number of carboxylic acids is 1. The zero-order valence-corrected chi connectivity index (χ0v) is 25.3. The number of hydrogen-bond donors (Lipinski definition) is 1. The molecule has 1 amide bonds. The number of methoxy groups -OCH3 is 1. The summed E-state index contributed by atoms with van der Waals surface area (Å²) in [6.45, 7) is 3.95. The van der Waals surface area contributed by atoms with Crippen molar-refractivity contribution in [2.75, 3.05) is 26.8 Å². The Labute approximate surface area is 249 Å². The predicted octanol–water partition coefficient (Wildman–Crippen LogP) is 5.48. The fraction of sp³-hybridized carbons (Fsp3) is 0.481. The van der Waals surface area contributed by atoms with Gasteiger partial charge in [0.2, 0.25) is 5.91 Å². The maximum absolute atomic E-state index is 12.7. The first-order valence-electron chi connectivity index (χ1n) is 13.1. The van der Waals surface area contributed by atoms with E-state index in [1.54, 1.807) is 18.4 Å². The van der Waals surface area contributed by atoms with Gasteiger partial charge in [0.05, 0.1) is 23.3 Å². The maximum atomic E-state index is 12.7. The van der Waals surface area contributed by atoms with Gasteiger partial charge in [0.1, 0.15) is 32.6 Å². The number of carbonyl (C=O) groups is 2. The van der Waals surface area contributed by atoms with Gasteiger partial charge in [-0.05, 0) is 56.6 Å². The van der Waals surface area contributed by atoms with E-state index in [1.807, 2.05) is 11.8 Å². The molecule has 2 unspecified atom stereocenters. The van der Waals surface area contributed by atoms with Gasteiger partial charge in [0, 0.05) is 35.9 Å². The molecule has 1 N–H and O–H groups in total. The quantitative estimate of drug-likeness (QED) is 0.281. The van der Waals surface area contributed by atoms with Crippen LogP contribution < -0.4 is 0 Å². The molecule has 212 valence electrons. The van der Waals surface area contributed by atoms with Crippen molar-refractivity contribution in [1.82, 2.24) is 24.8 Å². The molecule has 40 heavy (non-hydrogen) atoms. The normalized spacial score (nSPS) is 18.1. The first kappa shape index (κ1) is 29.1. The second-order valence-electron chi connectivity index (χ2n) is 9.83. The highest BCUT2D eigenvalue weighted by Gasteiger charge is 2.31. The van der Waals surface area contributed by atoms with E-state index in [2.05, 4.69) is 19.9 Å². The molecule has 2 aliphatic rings. The molecule has 2 aliphatic carbocycles. The van der Waals surface area contributed by atoms with Crippen LogP contribution in [0.3, 0.4) is 0 Å². The van der Waals surface area contributed by atoms with Crippen molar-refractivity contribution in [3.05, 3.63) is 43.8 Å². The number of rotatable bonds is 6. The first-order valence-corrected chi connectivity index (χ1v) is 15.5. The summed E-state index contributed by atoms with van der Waals surface area (Å²) >= 11 is 15.5. The third kappa shape index (κ3) is 5.80. The number of carbonyl (C=O) groups excluding carboxylic acids is 1. The highest BCUT2D eigenvalue weighted by molar-refractivity contribution is 7.19. The molecule has 2 atom stereocenters. The summed E-state index contributed by atoms with van der Waals surface area (Å²) < 4.78 is 5.10. The molecule has 0 aromatic carbocycles. The number of nitrogens with zero attached hydrogens (tertiary/aromatic N) is 5. The second kappa shape index (κ2) is 12.6. The number of fused-ring (bicyclic) bond motifs is 6. The first-order chi connectivity index (χ1) is 19.3. The van der Waals surface area contributed by atoms with Gasteiger partial charge in [0.25, 0.3) is 0 Å². The Bertz CT molecular complexity index is 1560. The molecular weight excluding hydrogens is 593 g/mol. The number of ether oxygens (including phenoxy) is 1. The van der Waals surface area contributed by atoms with Crippen molar-refractivity contribution in [2.45, 2.75) is 45.4 Å². The van der Waals surface area contributed by atoms with Gasteiger partial charge in [-0.15, -0.1) is 22.7 Å². The minimum atomic E-state index is -0.717. The Morgan fingerprint density at radius 2 is 1.48 bits per heavy atom. The molecule has 9 nitrogen and oxygen atoms in total. The zero-order valence-electron chi connectivity index (χ0n) is 22.2. The fourth-order valence-electron chi connectivity index (χ4n) is 5.45. The van der Waals surface area contributed by atoms with Crippen molar-refractivity contribution in [1.29, 1.82) is 0 Å². The largest absolute Gasteiger partial charge is 0.481 e. The van der Waals surface area contributed by atoms with E-state index >= 15 is 0 Å². The van der Waals surface area contributed by atoms with Gasteiger partial charge >= 0.3 is 5.97 Å². The minimum Gasteiger partial charge on any atom is -0.481 e. The van der Waals surface area contributed by atoms with Crippen LogP contribution in [0.2, 0.25) is 10.3 Å². The third-order valence-electron chi connectivity index (χ3n) is 7.56. The number of aryl methyl sites for hydroxylation is 2. The fourth-order valence-corrected chi connectivity index (χ4v) is 8.59. The van der Waals surface area contributed by atoms with Crippen LogP contribution in [0, 0.1) is 11.8 Å². The highest BCUT2D eigenvalue weighted by Crippen LogP contribution is 2.41. The summed E-state index contributed by atoms with van der Waals surface area (Å²) in [5.74, 6) is -0.725. The summed E-state index contributed by atoms with van der Waals surface area (Å²) in [4.78, 5) is 46.3. The van der Waals surface area contributed by atoms with Gasteiger partial charge in [-0.2, -0.15) is 0 Å². The number of aliphatic carboxylic acids is 1. The van der Waals surface area contributed by atoms with Gasteiger partial charge in [-0.3, -0.25) is 9.59 Å². The van der Waals surface area contributed by atoms with E-state index in [0.29, 0.717) is 36.3 Å². The molecule has 0 aliphatic heterocycles. The van der Waals surface area contributed by atoms with E-state index in [1.165, 1.54) is 34.4 Å². The second-order valence-corrected chi connectivity index (χ2v) is 12.7. The molecule has 0 radical (unpaired) electrons. The molecule has 0 saturated carbocycles. The molecule has 4 heterocycles. The van der Waals surface area contributed by atoms with Crippen molar-refractivity contribution >= 4 is 78.2 Å². The summed E-state index contributed by atoms with van der Waals surface area (Å²) in [7, 11) is 1.66. The zero-order chi connectivity index (χ0) is 28.4. The van der Waals surface area contributed by atoms with Gasteiger partial charge in [-0.25, -0.2) is 19.9 Å². The third-order valence-corrected chi connectivity index (χ3v) is 10.5. The number of amides is 1. The SMILES string of the molecule is CCN(CCOC)C(=O)C1CCc2c(sc3ncnc(Cl)c23)C1.O=C(O)C1CCc2c(sc3ncnc(Cl)c23)C1. The molecule has 0 fully saturated rings. The number of aromatic nitrogens is 4. The Morgan fingerprint density at radius 3 is 1.98 bits per heavy atom. The van der Waals surface area contributed by atoms with Crippen LogP contribution >= 0.6 is 45.9 Å². The standard InChI is InChI=1S/C16H20ClN3O2S.C11H9ClN2O2S/c1-3-20(6-7-22-2)16(21)10-4-5-11-12(8-10)23-15-13(11)14(17)18-9-19-15;12-9-8-6-2-1-5(11(15)16)3-7(6)17-10(8)14-4-13-9/h9-10H,3-8H2,1-2H3;4-5H,1-3H2,(H,15,16). The van der Waals surface area contributed by atoms with Crippen LogP contribution in [-0.2, 0) is 40.0 Å². The lowest BCUT2D eigenvalue weighted by atomic mass is 9.87. The molecule has 0 bridgehead atoms. The number of likely N-dealkylation sites (N-methyl/N-ethyl adjacent to an activating group) is 1. The topological polar surface area (TPSA) is 118 Å². The summed E-state index contributed by atoms with van der Waals surface area (Å²) in [5, 5.41) is 11.9. The Balaban J connectivity index is 0.000000168. The number of hydrogen-bond acceptors (Lipinski definition) is 9. The summed E-state index contributed by atoms with van der Waals surface area (Å²) in [6.07, 6.45) is 7.43. The number of halogens is 2. The van der Waals surface area contributed by atoms with E-state index in [4.69, 9.17) is 33.0 Å². The smallest absolute Gasteiger partial charge is 0.306 e. The van der Waals surface area contributed by atoms with Crippen LogP contribution in [-0.4, -0.2) is 68.6 Å². The van der Waals surface area contributed by atoms with Crippen molar-refractivity contribution in [2.24, 2.45) is 11.8 Å². The Morgan fingerprint density at radius 1 is 0.950 bits per heavy atom. The average Bonchev–Trinajstić information content (AvgIpc) is 3.52.